The topological polar surface area (TPSA) is 79.3 Å². The first-order valence-electron chi connectivity index (χ1n) is 10.7. The van der Waals surface area contributed by atoms with Crippen LogP contribution >= 0.6 is 0 Å². The van der Waals surface area contributed by atoms with Gasteiger partial charge in [-0.3, -0.25) is 4.79 Å². The molecule has 1 aliphatic carbocycles. The second-order valence-corrected chi connectivity index (χ2v) is 10.5. The number of fused-ring (bicyclic) bond motifs is 1. The van der Waals surface area contributed by atoms with Gasteiger partial charge in [-0.1, -0.05) is 32.9 Å². The molecule has 2 aliphatic heterocycles. The number of allylic oxidation sites excluding steroid dienone is 3. The summed E-state index contributed by atoms with van der Waals surface area (Å²) < 4.78 is 5.82. The number of Topliss-reactive ketones (excluding diaryl/α,β-unsaturated/α-hetero) is 1. The molecule has 2 heterocycles. The van der Waals surface area contributed by atoms with E-state index < -0.39 is 5.92 Å². The van der Waals surface area contributed by atoms with Gasteiger partial charge in [0.15, 0.2) is 5.78 Å². The van der Waals surface area contributed by atoms with Crippen molar-refractivity contribution in [3.63, 3.8) is 0 Å². The van der Waals surface area contributed by atoms with E-state index >= 15 is 0 Å². The highest BCUT2D eigenvalue weighted by atomic mass is 16.5. The molecular weight excluding hydrogens is 374 g/mol. The van der Waals surface area contributed by atoms with Crippen molar-refractivity contribution in [1.82, 2.24) is 0 Å². The Bertz CT molecular complexity index is 1040. The Morgan fingerprint density at radius 3 is 2.60 bits per heavy atom. The van der Waals surface area contributed by atoms with Gasteiger partial charge in [0.1, 0.15) is 17.4 Å². The average molecular weight is 406 g/mol. The van der Waals surface area contributed by atoms with Crippen molar-refractivity contribution in [2.75, 3.05) is 11.9 Å². The third-order valence-corrected chi connectivity index (χ3v) is 7.07. The van der Waals surface area contributed by atoms with Gasteiger partial charge in [-0.15, -0.1) is 0 Å². The van der Waals surface area contributed by atoms with Crippen LogP contribution in [0.5, 0.6) is 0 Å². The van der Waals surface area contributed by atoms with Gasteiger partial charge in [0, 0.05) is 36.7 Å². The highest BCUT2D eigenvalue weighted by molar-refractivity contribution is 6.00. The molecule has 0 unspecified atom stereocenters. The minimum Gasteiger partial charge on any atom is -0.444 e. The monoisotopic (exact) mass is 405 g/mol. The number of carbonyl (C=O) groups excluding carboxylic acids is 1. The number of anilines is 1. The van der Waals surface area contributed by atoms with E-state index in [4.69, 9.17) is 10.5 Å². The van der Waals surface area contributed by atoms with Crippen LogP contribution in [0, 0.1) is 16.7 Å². The molecule has 5 nitrogen and oxygen atoms in total. The number of rotatable bonds is 1. The van der Waals surface area contributed by atoms with Crippen molar-refractivity contribution in [2.45, 2.75) is 71.3 Å². The molecule has 0 radical (unpaired) electrons. The van der Waals surface area contributed by atoms with Gasteiger partial charge < -0.3 is 15.4 Å². The van der Waals surface area contributed by atoms with Crippen molar-refractivity contribution < 1.29 is 9.53 Å². The van der Waals surface area contributed by atoms with E-state index in [1.54, 1.807) is 0 Å². The van der Waals surface area contributed by atoms with Crippen LogP contribution in [0.15, 0.2) is 41.0 Å². The number of ether oxygens (including phenoxy) is 1. The van der Waals surface area contributed by atoms with E-state index in [0.29, 0.717) is 35.7 Å². The molecule has 0 aromatic heterocycles. The van der Waals surface area contributed by atoms with Crippen LogP contribution in [0.4, 0.5) is 5.69 Å². The molecule has 1 aromatic rings. The van der Waals surface area contributed by atoms with E-state index in [1.807, 2.05) is 6.07 Å². The summed E-state index contributed by atoms with van der Waals surface area (Å²) in [7, 11) is 2.13. The molecular formula is C25H31N3O2. The number of hydrogen-bond acceptors (Lipinski definition) is 5. The van der Waals surface area contributed by atoms with Gasteiger partial charge in [0.05, 0.1) is 5.92 Å². The summed E-state index contributed by atoms with van der Waals surface area (Å²) in [5.74, 6) is 0.723. The van der Waals surface area contributed by atoms with E-state index in [2.05, 4.69) is 64.8 Å². The summed E-state index contributed by atoms with van der Waals surface area (Å²) >= 11 is 0. The Labute approximate surface area is 179 Å². The lowest BCUT2D eigenvalue weighted by atomic mass is 9.69. The fraction of sp³-hybridized carbons (Fsp3) is 0.520. The summed E-state index contributed by atoms with van der Waals surface area (Å²) in [5.41, 5.74) is 10.4. The van der Waals surface area contributed by atoms with Crippen molar-refractivity contribution in [1.29, 1.82) is 5.26 Å². The van der Waals surface area contributed by atoms with Crippen LogP contribution in [-0.2, 0) is 9.53 Å². The molecule has 0 fully saturated rings. The quantitative estimate of drug-likeness (QED) is 0.722. The lowest BCUT2D eigenvalue weighted by molar-refractivity contribution is -0.119. The number of carbonyl (C=O) groups is 1. The third kappa shape index (κ3) is 3.10. The predicted octanol–water partition coefficient (Wildman–Crippen LogP) is 4.86. The van der Waals surface area contributed by atoms with Gasteiger partial charge in [-0.05, 0) is 48.8 Å². The average Bonchev–Trinajstić information content (AvgIpc) is 2.63. The number of nitriles is 1. The standard InChI is InChI=1S/C25H31N3O2/c1-14-10-25(4,5)28(6)18-8-7-15(9-16(14)18)21-17(13-26)23(27)30-20-12-24(2,3)11-19(29)22(20)21/h7-9,14,21H,10-12,27H2,1-6H3/t14-,21-/m0/s1. The van der Waals surface area contributed by atoms with Crippen LogP contribution in [0.3, 0.4) is 0 Å². The van der Waals surface area contributed by atoms with Gasteiger partial charge in [0.25, 0.3) is 0 Å². The summed E-state index contributed by atoms with van der Waals surface area (Å²) in [5, 5.41) is 9.86. The molecule has 2 N–H and O–H groups in total. The Kier molecular flexibility index (Phi) is 4.54. The van der Waals surface area contributed by atoms with Crippen LogP contribution in [-0.4, -0.2) is 18.4 Å². The number of nitrogens with two attached hydrogens (primary N) is 1. The molecule has 3 aliphatic rings. The highest BCUT2D eigenvalue weighted by Crippen LogP contribution is 2.50. The molecule has 0 amide bonds. The SMILES string of the molecule is C[C@H]1CC(C)(C)N(C)c2ccc([C@H]3C(C#N)=C(N)OC4=C3C(=O)CC(C)(C)C4)cc21. The molecule has 0 saturated carbocycles. The van der Waals surface area contributed by atoms with E-state index in [9.17, 15) is 10.1 Å². The molecule has 0 saturated heterocycles. The lowest BCUT2D eigenvalue weighted by Gasteiger charge is -2.45. The zero-order valence-corrected chi connectivity index (χ0v) is 18.8. The maximum Gasteiger partial charge on any atom is 0.205 e. The summed E-state index contributed by atoms with van der Waals surface area (Å²) in [6.07, 6.45) is 2.13. The zero-order chi connectivity index (χ0) is 22.0. The summed E-state index contributed by atoms with van der Waals surface area (Å²) in [6, 6.07) is 8.56. The second kappa shape index (κ2) is 6.63. The largest absolute Gasteiger partial charge is 0.444 e. The third-order valence-electron chi connectivity index (χ3n) is 7.07. The Morgan fingerprint density at radius 1 is 1.23 bits per heavy atom. The zero-order valence-electron chi connectivity index (χ0n) is 18.8. The maximum atomic E-state index is 13.2. The predicted molar refractivity (Wildman–Crippen MR) is 118 cm³/mol. The lowest BCUT2D eigenvalue weighted by Crippen LogP contribution is -2.45. The van der Waals surface area contributed by atoms with Crippen LogP contribution in [0.25, 0.3) is 0 Å². The minimum atomic E-state index is -0.458. The van der Waals surface area contributed by atoms with Gasteiger partial charge in [-0.2, -0.15) is 5.26 Å². The van der Waals surface area contributed by atoms with Gasteiger partial charge >= 0.3 is 0 Å². The van der Waals surface area contributed by atoms with Gasteiger partial charge in [0.2, 0.25) is 5.88 Å². The van der Waals surface area contributed by atoms with Crippen LogP contribution in [0.1, 0.15) is 76.8 Å². The number of nitrogens with zero attached hydrogens (tertiary/aromatic N) is 2. The van der Waals surface area contributed by atoms with Crippen LogP contribution in [0.2, 0.25) is 0 Å². The van der Waals surface area contributed by atoms with Crippen molar-refractivity contribution >= 4 is 11.5 Å². The molecule has 0 bridgehead atoms. The number of ketones is 1. The van der Waals surface area contributed by atoms with E-state index in [-0.39, 0.29) is 22.6 Å². The van der Waals surface area contributed by atoms with Crippen molar-refractivity contribution in [3.8, 4) is 6.07 Å². The fourth-order valence-corrected chi connectivity index (χ4v) is 5.39. The Hall–Kier alpha value is -2.74. The molecule has 30 heavy (non-hydrogen) atoms. The fourth-order valence-electron chi connectivity index (χ4n) is 5.39. The first-order chi connectivity index (χ1) is 13.9. The van der Waals surface area contributed by atoms with Crippen molar-refractivity contribution in [2.24, 2.45) is 11.1 Å². The molecule has 158 valence electrons. The van der Waals surface area contributed by atoms with E-state index in [1.165, 1.54) is 11.3 Å². The highest BCUT2D eigenvalue weighted by Gasteiger charge is 2.43. The summed E-state index contributed by atoms with van der Waals surface area (Å²) in [4.78, 5) is 15.5. The molecule has 2 atom stereocenters. The molecule has 5 heteroatoms. The maximum absolute atomic E-state index is 13.2. The van der Waals surface area contributed by atoms with Crippen LogP contribution < -0.4 is 10.6 Å². The van der Waals surface area contributed by atoms with Gasteiger partial charge in [-0.25, -0.2) is 0 Å². The van der Waals surface area contributed by atoms with Crippen molar-refractivity contribution in [3.05, 3.63) is 52.1 Å². The minimum absolute atomic E-state index is 0.0514. The molecule has 1 aromatic carbocycles. The molecule has 4 rings (SSSR count). The number of benzene rings is 1. The first kappa shape index (κ1) is 20.5. The Balaban J connectivity index is 1.87. The van der Waals surface area contributed by atoms with E-state index in [0.717, 1.165) is 12.0 Å². The smallest absolute Gasteiger partial charge is 0.205 e. The number of hydrogen-bond donors (Lipinski definition) is 1. The first-order valence-corrected chi connectivity index (χ1v) is 10.7. The Morgan fingerprint density at radius 2 is 1.93 bits per heavy atom. The normalized spacial score (nSPS) is 27.2. The second-order valence-electron chi connectivity index (χ2n) is 10.5. The molecule has 0 spiro atoms. The summed E-state index contributed by atoms with van der Waals surface area (Å²) in [6.45, 7) is 10.9.